The van der Waals surface area contributed by atoms with E-state index in [1.807, 2.05) is 6.92 Å². The number of methoxy groups -OCH3 is 2. The Morgan fingerprint density at radius 2 is 1.86 bits per heavy atom. The molecule has 8 heteroatoms. The van der Waals surface area contributed by atoms with Crippen molar-refractivity contribution in [3.05, 3.63) is 18.2 Å². The Bertz CT molecular complexity index is 788. The molecule has 0 saturated heterocycles. The highest BCUT2D eigenvalue weighted by atomic mass is 32.2. The van der Waals surface area contributed by atoms with E-state index in [1.54, 1.807) is 32.4 Å². The van der Waals surface area contributed by atoms with Crippen LogP contribution >= 0.6 is 11.8 Å². The van der Waals surface area contributed by atoms with E-state index in [9.17, 15) is 4.79 Å². The van der Waals surface area contributed by atoms with Gasteiger partial charge in [-0.3, -0.25) is 4.79 Å². The van der Waals surface area contributed by atoms with Crippen LogP contribution in [0.3, 0.4) is 0 Å². The first-order valence-electron chi connectivity index (χ1n) is 9.54. The lowest BCUT2D eigenvalue weighted by atomic mass is 9.86. The molecule has 1 aromatic heterocycles. The molecule has 152 valence electrons. The van der Waals surface area contributed by atoms with E-state index in [2.05, 4.69) is 22.4 Å². The molecule has 1 aliphatic carbocycles. The molecule has 1 N–H and O–H groups in total. The van der Waals surface area contributed by atoms with Crippen LogP contribution in [0.4, 0.5) is 0 Å². The van der Waals surface area contributed by atoms with E-state index in [0.29, 0.717) is 34.1 Å². The lowest BCUT2D eigenvalue weighted by molar-refractivity contribution is -0.121. The molecule has 0 bridgehead atoms. The number of carbonyl (C=O) groups excluding carboxylic acids is 1. The summed E-state index contributed by atoms with van der Waals surface area (Å²) in [5.41, 5.74) is 0.698. The van der Waals surface area contributed by atoms with E-state index in [1.165, 1.54) is 31.0 Å². The second-order valence-electron chi connectivity index (χ2n) is 7.11. The number of hydrogen-bond acceptors (Lipinski definition) is 7. The van der Waals surface area contributed by atoms with Crippen LogP contribution in [0.25, 0.3) is 11.5 Å². The number of nitrogens with one attached hydrogen (secondary N) is 1. The molecular weight excluding hydrogens is 378 g/mol. The Morgan fingerprint density at radius 3 is 2.50 bits per heavy atom. The maximum absolute atomic E-state index is 12.6. The molecule has 3 rings (SSSR count). The van der Waals surface area contributed by atoms with Gasteiger partial charge in [-0.05, 0) is 37.8 Å². The minimum Gasteiger partial charge on any atom is -0.497 e. The third kappa shape index (κ3) is 4.98. The molecule has 1 fully saturated rings. The highest BCUT2D eigenvalue weighted by Gasteiger charge is 2.26. The first kappa shape index (κ1) is 20.5. The average molecular weight is 406 g/mol. The number of carbonyl (C=O) groups is 1. The molecule has 1 aromatic carbocycles. The van der Waals surface area contributed by atoms with Crippen LogP contribution in [0.2, 0.25) is 0 Å². The summed E-state index contributed by atoms with van der Waals surface area (Å²) < 4.78 is 16.3. The summed E-state index contributed by atoms with van der Waals surface area (Å²) in [6.07, 6.45) is 4.64. The third-order valence-corrected chi connectivity index (χ3v) is 6.03. The number of rotatable bonds is 7. The monoisotopic (exact) mass is 405 g/mol. The maximum Gasteiger partial charge on any atom is 0.277 e. The quantitative estimate of drug-likeness (QED) is 0.699. The first-order valence-corrected chi connectivity index (χ1v) is 10.4. The van der Waals surface area contributed by atoms with Gasteiger partial charge in [0, 0.05) is 17.7 Å². The predicted molar refractivity (Wildman–Crippen MR) is 108 cm³/mol. The zero-order valence-electron chi connectivity index (χ0n) is 16.7. The van der Waals surface area contributed by atoms with Crippen molar-refractivity contribution in [2.75, 3.05) is 14.2 Å². The van der Waals surface area contributed by atoms with Crippen molar-refractivity contribution in [2.45, 2.75) is 56.0 Å². The normalized spacial score (nSPS) is 20.4. The van der Waals surface area contributed by atoms with Crippen LogP contribution in [-0.2, 0) is 4.79 Å². The summed E-state index contributed by atoms with van der Waals surface area (Å²) in [7, 11) is 3.17. The van der Waals surface area contributed by atoms with Crippen LogP contribution in [0.1, 0.15) is 39.5 Å². The van der Waals surface area contributed by atoms with Crippen molar-refractivity contribution < 1.29 is 18.7 Å². The lowest BCUT2D eigenvalue weighted by Crippen LogP contribution is -2.44. The summed E-state index contributed by atoms with van der Waals surface area (Å²) >= 11 is 1.26. The van der Waals surface area contributed by atoms with Gasteiger partial charge in [-0.15, -0.1) is 10.2 Å². The molecule has 0 spiro atoms. The number of amides is 1. The molecule has 1 amide bonds. The molecule has 28 heavy (non-hydrogen) atoms. The number of ether oxygens (including phenoxy) is 2. The van der Waals surface area contributed by atoms with Crippen LogP contribution < -0.4 is 14.8 Å². The van der Waals surface area contributed by atoms with Crippen molar-refractivity contribution in [1.29, 1.82) is 0 Å². The summed E-state index contributed by atoms with van der Waals surface area (Å²) in [6.45, 7) is 4.06. The van der Waals surface area contributed by atoms with E-state index >= 15 is 0 Å². The molecule has 1 saturated carbocycles. The maximum atomic E-state index is 12.6. The van der Waals surface area contributed by atoms with Gasteiger partial charge >= 0.3 is 0 Å². The number of aromatic nitrogens is 2. The highest BCUT2D eigenvalue weighted by molar-refractivity contribution is 8.00. The molecule has 2 aromatic rings. The molecule has 0 unspecified atom stereocenters. The Kier molecular flexibility index (Phi) is 6.83. The molecule has 0 radical (unpaired) electrons. The van der Waals surface area contributed by atoms with Crippen molar-refractivity contribution in [2.24, 2.45) is 5.92 Å². The van der Waals surface area contributed by atoms with Gasteiger partial charge in [0.2, 0.25) is 11.8 Å². The Morgan fingerprint density at radius 1 is 1.18 bits per heavy atom. The fourth-order valence-electron chi connectivity index (χ4n) is 3.34. The fraction of sp³-hybridized carbons (Fsp3) is 0.550. The van der Waals surface area contributed by atoms with Crippen LogP contribution in [-0.4, -0.2) is 41.6 Å². The van der Waals surface area contributed by atoms with E-state index < -0.39 is 0 Å². The van der Waals surface area contributed by atoms with Gasteiger partial charge in [-0.1, -0.05) is 31.5 Å². The van der Waals surface area contributed by atoms with E-state index in [-0.39, 0.29) is 17.2 Å². The zero-order valence-corrected chi connectivity index (χ0v) is 17.5. The summed E-state index contributed by atoms with van der Waals surface area (Å²) in [6, 6.07) is 5.62. The smallest absolute Gasteiger partial charge is 0.277 e. The van der Waals surface area contributed by atoms with Crippen molar-refractivity contribution in [3.63, 3.8) is 0 Å². The second-order valence-corrected chi connectivity index (χ2v) is 8.40. The molecule has 1 aliphatic rings. The molecule has 7 nitrogen and oxygen atoms in total. The first-order chi connectivity index (χ1) is 13.5. The van der Waals surface area contributed by atoms with Gasteiger partial charge in [0.05, 0.1) is 19.5 Å². The van der Waals surface area contributed by atoms with Gasteiger partial charge in [0.1, 0.15) is 11.5 Å². The number of hydrogen-bond donors (Lipinski definition) is 1. The number of benzene rings is 1. The van der Waals surface area contributed by atoms with E-state index in [4.69, 9.17) is 13.9 Å². The van der Waals surface area contributed by atoms with Crippen molar-refractivity contribution >= 4 is 17.7 Å². The van der Waals surface area contributed by atoms with Gasteiger partial charge in [-0.25, -0.2) is 0 Å². The Labute approximate surface area is 169 Å². The van der Waals surface area contributed by atoms with Gasteiger partial charge in [0.15, 0.2) is 0 Å². The van der Waals surface area contributed by atoms with Gasteiger partial charge < -0.3 is 19.2 Å². The minimum atomic E-state index is -0.317. The van der Waals surface area contributed by atoms with Gasteiger partial charge in [0.25, 0.3) is 5.22 Å². The second kappa shape index (κ2) is 9.32. The number of nitrogens with zero attached hydrogens (tertiary/aromatic N) is 2. The Balaban J connectivity index is 1.64. The molecule has 0 aliphatic heterocycles. The third-order valence-electron chi connectivity index (χ3n) is 5.09. The summed E-state index contributed by atoms with van der Waals surface area (Å²) in [5, 5.41) is 11.4. The average Bonchev–Trinajstić information content (AvgIpc) is 3.17. The van der Waals surface area contributed by atoms with Crippen LogP contribution in [0, 0.1) is 5.92 Å². The van der Waals surface area contributed by atoms with Crippen LogP contribution in [0.15, 0.2) is 27.8 Å². The minimum absolute atomic E-state index is 0.00606. The zero-order chi connectivity index (χ0) is 20.1. The highest BCUT2D eigenvalue weighted by Crippen LogP contribution is 2.31. The SMILES string of the molecule is COc1cc(OC)cc(-c2nnc(S[C@H](C)C(=O)N[C@@H]3CCCC[C@@H]3C)o2)c1. The number of thioether (sulfide) groups is 1. The molecule has 1 heterocycles. The predicted octanol–water partition coefficient (Wildman–Crippen LogP) is 3.93. The van der Waals surface area contributed by atoms with Crippen molar-refractivity contribution in [1.82, 2.24) is 15.5 Å². The van der Waals surface area contributed by atoms with E-state index in [0.717, 1.165) is 6.42 Å². The van der Waals surface area contributed by atoms with Gasteiger partial charge in [-0.2, -0.15) is 0 Å². The largest absolute Gasteiger partial charge is 0.497 e. The Hall–Kier alpha value is -2.22. The standard InChI is InChI=1S/C20H27N3O4S/c1-12-7-5-6-8-17(12)21-18(24)13(2)28-20-23-22-19(27-20)14-9-15(25-3)11-16(10-14)26-4/h9-13,17H,5-8H2,1-4H3,(H,21,24)/t12-,13+,17+/m0/s1. The fourth-order valence-corrected chi connectivity index (χ4v) is 4.03. The lowest BCUT2D eigenvalue weighted by Gasteiger charge is -2.30. The van der Waals surface area contributed by atoms with Crippen molar-refractivity contribution in [3.8, 4) is 23.0 Å². The van der Waals surface area contributed by atoms with Crippen LogP contribution in [0.5, 0.6) is 11.5 Å². The molecular formula is C20H27N3O4S. The summed E-state index contributed by atoms with van der Waals surface area (Å²) in [4.78, 5) is 12.6. The topological polar surface area (TPSA) is 86.5 Å². The summed E-state index contributed by atoms with van der Waals surface area (Å²) in [5.74, 6) is 2.15. The molecule has 3 atom stereocenters.